The third kappa shape index (κ3) is 1.66. The maximum absolute atomic E-state index is 3.43. The van der Waals surface area contributed by atoms with E-state index in [0.29, 0.717) is 5.41 Å². The van der Waals surface area contributed by atoms with Crippen LogP contribution in [0.5, 0.6) is 0 Å². The summed E-state index contributed by atoms with van der Waals surface area (Å²) in [4.78, 5) is 0. The lowest BCUT2D eigenvalue weighted by Gasteiger charge is -2.16. The molecule has 2 saturated carbocycles. The van der Waals surface area contributed by atoms with Gasteiger partial charge in [-0.05, 0) is 50.1 Å². The van der Waals surface area contributed by atoms with Crippen LogP contribution in [0.15, 0.2) is 24.3 Å². The van der Waals surface area contributed by atoms with Gasteiger partial charge < -0.3 is 5.32 Å². The molecule has 0 radical (unpaired) electrons. The van der Waals surface area contributed by atoms with Gasteiger partial charge in [-0.3, -0.25) is 0 Å². The second-order valence-electron chi connectivity index (χ2n) is 5.35. The summed E-state index contributed by atoms with van der Waals surface area (Å²) in [5.74, 6) is 0.956. The molecule has 1 N–H and O–H groups in total. The minimum atomic E-state index is 0. The summed E-state index contributed by atoms with van der Waals surface area (Å²) in [6.45, 7) is 2.16. The topological polar surface area (TPSA) is 12.0 Å². The quantitative estimate of drug-likeness (QED) is 0.834. The SMILES string of the molecule is CNC1CC2CC2(c2ccc(C)cc2)C1.Cl. The van der Waals surface area contributed by atoms with Gasteiger partial charge in [-0.2, -0.15) is 0 Å². The predicted octanol–water partition coefficient (Wildman–Crippen LogP) is 3.06. The summed E-state index contributed by atoms with van der Waals surface area (Å²) in [5.41, 5.74) is 3.51. The monoisotopic (exact) mass is 237 g/mol. The van der Waals surface area contributed by atoms with Gasteiger partial charge in [0, 0.05) is 6.04 Å². The van der Waals surface area contributed by atoms with Crippen LogP contribution in [-0.4, -0.2) is 13.1 Å². The molecule has 0 saturated heterocycles. The van der Waals surface area contributed by atoms with Gasteiger partial charge in [-0.15, -0.1) is 12.4 Å². The second-order valence-corrected chi connectivity index (χ2v) is 5.35. The van der Waals surface area contributed by atoms with Crippen LogP contribution in [0.3, 0.4) is 0 Å². The fraction of sp³-hybridized carbons (Fsp3) is 0.571. The Bertz CT molecular complexity index is 373. The molecule has 0 heterocycles. The molecule has 88 valence electrons. The van der Waals surface area contributed by atoms with Gasteiger partial charge in [0.05, 0.1) is 0 Å². The van der Waals surface area contributed by atoms with E-state index in [2.05, 4.69) is 43.6 Å². The van der Waals surface area contributed by atoms with Gasteiger partial charge >= 0.3 is 0 Å². The first-order valence-corrected chi connectivity index (χ1v) is 5.99. The molecule has 0 bridgehead atoms. The number of rotatable bonds is 2. The molecule has 0 aromatic heterocycles. The highest BCUT2D eigenvalue weighted by atomic mass is 35.5. The van der Waals surface area contributed by atoms with Crippen LogP contribution in [0.1, 0.15) is 30.4 Å². The summed E-state index contributed by atoms with van der Waals surface area (Å²) in [5, 5.41) is 3.43. The number of fused-ring (bicyclic) bond motifs is 1. The van der Waals surface area contributed by atoms with Gasteiger partial charge in [-0.1, -0.05) is 29.8 Å². The Morgan fingerprint density at radius 2 is 1.88 bits per heavy atom. The molecule has 3 rings (SSSR count). The van der Waals surface area contributed by atoms with Crippen molar-refractivity contribution in [3.05, 3.63) is 35.4 Å². The van der Waals surface area contributed by atoms with Gasteiger partial charge in [0.25, 0.3) is 0 Å². The summed E-state index contributed by atoms with van der Waals surface area (Å²) < 4.78 is 0. The van der Waals surface area contributed by atoms with Crippen LogP contribution in [0.25, 0.3) is 0 Å². The van der Waals surface area contributed by atoms with Crippen LogP contribution < -0.4 is 5.32 Å². The van der Waals surface area contributed by atoms with E-state index < -0.39 is 0 Å². The highest BCUT2D eigenvalue weighted by Crippen LogP contribution is 2.64. The number of aryl methyl sites for hydroxylation is 1. The summed E-state index contributed by atoms with van der Waals surface area (Å²) in [7, 11) is 2.10. The van der Waals surface area contributed by atoms with Crippen molar-refractivity contribution in [1.29, 1.82) is 0 Å². The van der Waals surface area contributed by atoms with Crippen molar-refractivity contribution in [3.63, 3.8) is 0 Å². The minimum absolute atomic E-state index is 0. The predicted molar refractivity (Wildman–Crippen MR) is 70.3 cm³/mol. The molecule has 1 nitrogen and oxygen atoms in total. The molecule has 0 spiro atoms. The Balaban J connectivity index is 0.000000963. The largest absolute Gasteiger partial charge is 0.317 e. The van der Waals surface area contributed by atoms with Crippen molar-refractivity contribution in [2.24, 2.45) is 5.92 Å². The highest BCUT2D eigenvalue weighted by molar-refractivity contribution is 5.85. The van der Waals surface area contributed by atoms with Crippen molar-refractivity contribution in [2.75, 3.05) is 7.05 Å². The third-order valence-electron chi connectivity index (χ3n) is 4.45. The van der Waals surface area contributed by atoms with Crippen LogP contribution >= 0.6 is 12.4 Å². The number of hydrogen-bond acceptors (Lipinski definition) is 1. The van der Waals surface area contributed by atoms with E-state index in [0.717, 1.165) is 12.0 Å². The molecule has 2 aliphatic carbocycles. The Morgan fingerprint density at radius 3 is 2.44 bits per heavy atom. The number of benzene rings is 1. The zero-order valence-electron chi connectivity index (χ0n) is 9.99. The maximum Gasteiger partial charge on any atom is 0.00756 e. The van der Waals surface area contributed by atoms with Crippen molar-refractivity contribution in [2.45, 2.75) is 37.6 Å². The molecule has 3 unspecified atom stereocenters. The molecule has 2 aliphatic rings. The van der Waals surface area contributed by atoms with Crippen molar-refractivity contribution >= 4 is 12.4 Å². The maximum atomic E-state index is 3.43. The molecule has 16 heavy (non-hydrogen) atoms. The van der Waals surface area contributed by atoms with E-state index in [4.69, 9.17) is 0 Å². The van der Waals surface area contributed by atoms with Crippen LogP contribution in [-0.2, 0) is 5.41 Å². The van der Waals surface area contributed by atoms with Crippen LogP contribution in [0.4, 0.5) is 0 Å². The lowest BCUT2D eigenvalue weighted by Crippen LogP contribution is -2.24. The highest BCUT2D eigenvalue weighted by Gasteiger charge is 2.60. The molecule has 3 atom stereocenters. The molecule has 1 aromatic carbocycles. The Labute approximate surface area is 104 Å². The summed E-state index contributed by atoms with van der Waals surface area (Å²) in [6.07, 6.45) is 4.15. The molecule has 2 fully saturated rings. The van der Waals surface area contributed by atoms with Crippen molar-refractivity contribution in [3.8, 4) is 0 Å². The average Bonchev–Trinajstić information content (AvgIpc) is 2.83. The first kappa shape index (κ1) is 11.9. The molecule has 1 aromatic rings. The van der Waals surface area contributed by atoms with Crippen LogP contribution in [0.2, 0.25) is 0 Å². The number of halogens is 1. The summed E-state index contributed by atoms with van der Waals surface area (Å²) in [6, 6.07) is 9.95. The lowest BCUT2D eigenvalue weighted by atomic mass is 9.92. The van der Waals surface area contributed by atoms with E-state index >= 15 is 0 Å². The minimum Gasteiger partial charge on any atom is -0.317 e. The molecule has 0 amide bonds. The van der Waals surface area contributed by atoms with E-state index in [1.54, 1.807) is 5.56 Å². The van der Waals surface area contributed by atoms with Crippen LogP contribution in [0, 0.1) is 12.8 Å². The van der Waals surface area contributed by atoms with Crippen molar-refractivity contribution < 1.29 is 0 Å². The first-order valence-electron chi connectivity index (χ1n) is 5.99. The fourth-order valence-corrected chi connectivity index (χ4v) is 3.38. The average molecular weight is 238 g/mol. The zero-order chi connectivity index (χ0) is 10.5. The van der Waals surface area contributed by atoms with E-state index in [1.807, 2.05) is 0 Å². The molecular formula is C14H20ClN. The number of hydrogen-bond donors (Lipinski definition) is 1. The molecular weight excluding hydrogens is 218 g/mol. The number of nitrogens with one attached hydrogen (secondary N) is 1. The van der Waals surface area contributed by atoms with Gasteiger partial charge in [-0.25, -0.2) is 0 Å². The van der Waals surface area contributed by atoms with E-state index in [-0.39, 0.29) is 12.4 Å². The standard InChI is InChI=1S/C14H19N.ClH/c1-10-3-5-11(6-4-10)14-8-12(14)7-13(9-14)15-2;/h3-6,12-13,15H,7-9H2,1-2H3;1H. The summed E-state index contributed by atoms with van der Waals surface area (Å²) >= 11 is 0. The first-order chi connectivity index (χ1) is 7.24. The Kier molecular flexibility index (Phi) is 3.02. The molecule has 2 heteroatoms. The smallest absolute Gasteiger partial charge is 0.00756 e. The normalized spacial score (nSPS) is 35.4. The van der Waals surface area contributed by atoms with E-state index in [9.17, 15) is 0 Å². The third-order valence-corrected chi connectivity index (χ3v) is 4.45. The van der Waals surface area contributed by atoms with Gasteiger partial charge in [0.2, 0.25) is 0 Å². The zero-order valence-corrected chi connectivity index (χ0v) is 10.8. The molecule has 0 aliphatic heterocycles. The van der Waals surface area contributed by atoms with Gasteiger partial charge in [0.15, 0.2) is 0 Å². The Morgan fingerprint density at radius 1 is 1.19 bits per heavy atom. The second kappa shape index (κ2) is 4.05. The lowest BCUT2D eigenvalue weighted by molar-refractivity contribution is 0.507. The van der Waals surface area contributed by atoms with Crippen molar-refractivity contribution in [1.82, 2.24) is 5.32 Å². The Hall–Kier alpha value is -0.530. The van der Waals surface area contributed by atoms with Gasteiger partial charge in [0.1, 0.15) is 0 Å². The fourth-order valence-electron chi connectivity index (χ4n) is 3.38. The van der Waals surface area contributed by atoms with E-state index in [1.165, 1.54) is 24.8 Å².